The Morgan fingerprint density at radius 3 is 1.33 bits per heavy atom. The number of hydrogen-bond acceptors (Lipinski definition) is 2. The summed E-state index contributed by atoms with van der Waals surface area (Å²) in [6.07, 6.45) is 0. The van der Waals surface area contributed by atoms with Crippen LogP contribution >= 0.6 is 0 Å². The Morgan fingerprint density at radius 2 is 1.20 bits per heavy atom. The van der Waals surface area contributed by atoms with Crippen molar-refractivity contribution in [3.05, 3.63) is 35.9 Å². The molecule has 1 aromatic carbocycles. The highest BCUT2D eigenvalue weighted by Crippen LogP contribution is 1.92. The molecule has 4 nitrogen and oxygen atoms in total. The topological polar surface area (TPSA) is 74.6 Å². The summed E-state index contributed by atoms with van der Waals surface area (Å²) in [4.78, 5) is 16.7. The monoisotopic (exact) mass is 214 g/mol. The molecule has 0 amide bonds. The van der Waals surface area contributed by atoms with E-state index >= 15 is 0 Å². The van der Waals surface area contributed by atoms with E-state index in [9.17, 15) is 0 Å². The van der Waals surface area contributed by atoms with Crippen LogP contribution in [-0.2, 0) is 9.59 Å². The van der Waals surface area contributed by atoms with Crippen LogP contribution < -0.4 is 0 Å². The van der Waals surface area contributed by atoms with Gasteiger partial charge in [-0.05, 0) is 6.92 Å². The Bertz CT molecular complexity index is 203. The van der Waals surface area contributed by atoms with Crippen LogP contribution in [0, 0.1) is 6.92 Å². The zero-order valence-corrected chi connectivity index (χ0v) is 9.25. The zero-order valence-electron chi connectivity index (χ0n) is 9.25. The lowest BCUT2D eigenvalue weighted by molar-refractivity contribution is -0.123. The van der Waals surface area contributed by atoms with Gasteiger partial charge in [0.05, 0.1) is 0 Å². The molecule has 0 saturated heterocycles. The molecule has 0 unspecified atom stereocenters. The van der Waals surface area contributed by atoms with Crippen molar-refractivity contribution in [2.24, 2.45) is 0 Å². The summed E-state index contributed by atoms with van der Waals surface area (Å²) in [5.74, 6) is 0. The fraction of sp³-hybridized carbons (Fsp3) is 0.273. The second-order valence-corrected chi connectivity index (χ2v) is 1.87. The van der Waals surface area contributed by atoms with E-state index in [-0.39, 0.29) is 12.9 Å². The standard InChI is InChI=1S/C7H8.C2H6.2CH2O2/c1-7-5-3-2-4-6-7;1-2;2*2-1-3/h2-6H,1H3;1-2H3;2*1H,(H,2,3). The summed E-state index contributed by atoms with van der Waals surface area (Å²) in [5, 5.41) is 13.8. The largest absolute Gasteiger partial charge is 0.483 e. The van der Waals surface area contributed by atoms with E-state index in [2.05, 4.69) is 19.1 Å². The third kappa shape index (κ3) is 33.1. The first-order chi connectivity index (χ1) is 7.22. The highest BCUT2D eigenvalue weighted by atomic mass is 16.3. The molecule has 1 aromatic rings. The molecule has 1 rings (SSSR count). The molecule has 0 saturated carbocycles. The SMILES string of the molecule is CC.Cc1ccccc1.O=CO.O=CO. The molecule has 0 fully saturated rings. The molecule has 4 heteroatoms. The first-order valence-electron chi connectivity index (χ1n) is 4.40. The maximum atomic E-state index is 8.36. The molecule has 0 radical (unpaired) electrons. The normalized spacial score (nSPS) is 6.07. The van der Waals surface area contributed by atoms with Gasteiger partial charge in [0.1, 0.15) is 0 Å². The van der Waals surface area contributed by atoms with Crippen LogP contribution in [0.25, 0.3) is 0 Å². The van der Waals surface area contributed by atoms with Gasteiger partial charge in [-0.2, -0.15) is 0 Å². The highest BCUT2D eigenvalue weighted by molar-refractivity contribution is 5.33. The van der Waals surface area contributed by atoms with E-state index < -0.39 is 0 Å². The minimum Gasteiger partial charge on any atom is -0.483 e. The molecule has 0 bridgehead atoms. The van der Waals surface area contributed by atoms with E-state index in [1.807, 2.05) is 32.0 Å². The predicted octanol–water partition coefficient (Wildman–Crippen LogP) is 2.42. The van der Waals surface area contributed by atoms with Crippen LogP contribution in [0.2, 0.25) is 0 Å². The molecule has 86 valence electrons. The smallest absolute Gasteiger partial charge is 0.290 e. The fourth-order valence-corrected chi connectivity index (χ4v) is 0.534. The molecule has 0 atom stereocenters. The lowest BCUT2D eigenvalue weighted by Crippen LogP contribution is -1.62. The zero-order chi connectivity index (χ0) is 12.5. The van der Waals surface area contributed by atoms with Crippen molar-refractivity contribution in [2.75, 3.05) is 0 Å². The predicted molar refractivity (Wildman–Crippen MR) is 59.9 cm³/mol. The second kappa shape index (κ2) is 22.7. The van der Waals surface area contributed by atoms with Gasteiger partial charge in [0.15, 0.2) is 0 Å². The minimum absolute atomic E-state index is 0.250. The van der Waals surface area contributed by atoms with Crippen molar-refractivity contribution in [3.8, 4) is 0 Å². The van der Waals surface area contributed by atoms with E-state index in [0.717, 1.165) is 0 Å². The Kier molecular flexibility index (Phi) is 28.6. The maximum absolute atomic E-state index is 8.36. The van der Waals surface area contributed by atoms with Gasteiger partial charge in [-0.1, -0.05) is 49.7 Å². The summed E-state index contributed by atoms with van der Waals surface area (Å²) < 4.78 is 0. The van der Waals surface area contributed by atoms with E-state index in [1.165, 1.54) is 5.56 Å². The van der Waals surface area contributed by atoms with Crippen LogP contribution in [-0.4, -0.2) is 23.2 Å². The number of carboxylic acid groups (broad SMARTS) is 2. The molecular formula is C11H18O4. The average molecular weight is 214 g/mol. The molecule has 0 aliphatic heterocycles. The Labute approximate surface area is 90.2 Å². The Morgan fingerprint density at radius 1 is 0.933 bits per heavy atom. The molecule has 0 aromatic heterocycles. The Balaban J connectivity index is -0.000000154. The molecule has 2 N–H and O–H groups in total. The van der Waals surface area contributed by atoms with E-state index in [0.29, 0.717) is 0 Å². The number of carbonyl (C=O) groups is 2. The van der Waals surface area contributed by atoms with Gasteiger partial charge in [-0.3, -0.25) is 9.59 Å². The third-order valence-electron chi connectivity index (χ3n) is 0.940. The van der Waals surface area contributed by atoms with Crippen LogP contribution in [0.3, 0.4) is 0 Å². The van der Waals surface area contributed by atoms with Gasteiger partial charge >= 0.3 is 0 Å². The third-order valence-corrected chi connectivity index (χ3v) is 0.940. The fourth-order valence-electron chi connectivity index (χ4n) is 0.534. The molecule has 0 spiro atoms. The van der Waals surface area contributed by atoms with Crippen LogP contribution in [0.15, 0.2) is 30.3 Å². The summed E-state index contributed by atoms with van der Waals surface area (Å²) in [6, 6.07) is 10.3. The van der Waals surface area contributed by atoms with Crippen LogP contribution in [0.4, 0.5) is 0 Å². The van der Waals surface area contributed by atoms with Crippen molar-refractivity contribution >= 4 is 12.9 Å². The Hall–Kier alpha value is -1.84. The average Bonchev–Trinajstić information content (AvgIpc) is 2.24. The van der Waals surface area contributed by atoms with Gasteiger partial charge in [-0.15, -0.1) is 0 Å². The van der Waals surface area contributed by atoms with Gasteiger partial charge in [-0.25, -0.2) is 0 Å². The van der Waals surface area contributed by atoms with Gasteiger partial charge in [0.2, 0.25) is 0 Å². The molecular weight excluding hydrogens is 196 g/mol. The van der Waals surface area contributed by atoms with Crippen molar-refractivity contribution in [1.82, 2.24) is 0 Å². The lowest BCUT2D eigenvalue weighted by atomic mass is 10.2. The van der Waals surface area contributed by atoms with Crippen LogP contribution in [0.5, 0.6) is 0 Å². The van der Waals surface area contributed by atoms with Gasteiger partial charge < -0.3 is 10.2 Å². The molecule has 0 aliphatic rings. The minimum atomic E-state index is -0.250. The second-order valence-electron chi connectivity index (χ2n) is 1.87. The van der Waals surface area contributed by atoms with Crippen molar-refractivity contribution in [1.29, 1.82) is 0 Å². The number of rotatable bonds is 0. The molecule has 15 heavy (non-hydrogen) atoms. The summed E-state index contributed by atoms with van der Waals surface area (Å²) >= 11 is 0. The molecule has 0 aliphatic carbocycles. The first-order valence-corrected chi connectivity index (χ1v) is 4.40. The highest BCUT2D eigenvalue weighted by Gasteiger charge is 1.72. The number of hydrogen-bond donors (Lipinski definition) is 2. The lowest BCUT2D eigenvalue weighted by Gasteiger charge is -1.82. The van der Waals surface area contributed by atoms with Gasteiger partial charge in [0, 0.05) is 0 Å². The van der Waals surface area contributed by atoms with E-state index in [4.69, 9.17) is 19.8 Å². The first kappa shape index (κ1) is 18.9. The van der Waals surface area contributed by atoms with Crippen LogP contribution in [0.1, 0.15) is 19.4 Å². The summed E-state index contributed by atoms with van der Waals surface area (Å²) in [5.41, 5.74) is 1.32. The summed E-state index contributed by atoms with van der Waals surface area (Å²) in [7, 11) is 0. The quantitative estimate of drug-likeness (QED) is 0.650. The van der Waals surface area contributed by atoms with Gasteiger partial charge in [0.25, 0.3) is 12.9 Å². The van der Waals surface area contributed by atoms with E-state index in [1.54, 1.807) is 0 Å². The summed E-state index contributed by atoms with van der Waals surface area (Å²) in [6.45, 7) is 5.58. The maximum Gasteiger partial charge on any atom is 0.290 e. The molecule has 0 heterocycles. The number of aryl methyl sites for hydroxylation is 1. The number of benzene rings is 1. The van der Waals surface area contributed by atoms with Crippen molar-refractivity contribution in [2.45, 2.75) is 20.8 Å². The van der Waals surface area contributed by atoms with Crippen molar-refractivity contribution in [3.63, 3.8) is 0 Å². The van der Waals surface area contributed by atoms with Crippen molar-refractivity contribution < 1.29 is 19.8 Å².